The maximum Gasteiger partial charge on any atom is 0.217 e. The Labute approximate surface area is 135 Å². The SMILES string of the molecule is COc1ncc(F)cc1CN1CCc2nc(C(C)C)ncc2C1. The lowest BCUT2D eigenvalue weighted by Crippen LogP contribution is -2.31. The lowest BCUT2D eigenvalue weighted by Gasteiger charge is -2.28. The van der Waals surface area contributed by atoms with Gasteiger partial charge in [0.25, 0.3) is 0 Å². The summed E-state index contributed by atoms with van der Waals surface area (Å²) in [4.78, 5) is 15.3. The van der Waals surface area contributed by atoms with Crippen LogP contribution in [0.1, 0.15) is 42.4 Å². The first-order valence-electron chi connectivity index (χ1n) is 7.82. The summed E-state index contributed by atoms with van der Waals surface area (Å²) < 4.78 is 18.7. The number of pyridine rings is 1. The van der Waals surface area contributed by atoms with Gasteiger partial charge in [-0.2, -0.15) is 0 Å². The van der Waals surface area contributed by atoms with Crippen molar-refractivity contribution in [3.8, 4) is 5.88 Å². The van der Waals surface area contributed by atoms with Gasteiger partial charge in [-0.3, -0.25) is 4.90 Å². The van der Waals surface area contributed by atoms with Gasteiger partial charge < -0.3 is 4.74 Å². The monoisotopic (exact) mass is 316 g/mol. The molecule has 2 aromatic rings. The molecule has 0 amide bonds. The maximum atomic E-state index is 13.4. The third kappa shape index (κ3) is 3.47. The Hall–Kier alpha value is -2.08. The zero-order valence-corrected chi connectivity index (χ0v) is 13.7. The highest BCUT2D eigenvalue weighted by Gasteiger charge is 2.20. The highest BCUT2D eigenvalue weighted by Crippen LogP contribution is 2.23. The molecule has 0 radical (unpaired) electrons. The molecule has 0 saturated carbocycles. The highest BCUT2D eigenvalue weighted by atomic mass is 19.1. The van der Waals surface area contributed by atoms with Gasteiger partial charge in [-0.1, -0.05) is 13.8 Å². The molecule has 1 aliphatic heterocycles. The molecule has 0 unspecified atom stereocenters. The second-order valence-corrected chi connectivity index (χ2v) is 6.14. The largest absolute Gasteiger partial charge is 0.481 e. The molecule has 0 aliphatic carbocycles. The minimum absolute atomic E-state index is 0.334. The van der Waals surface area contributed by atoms with E-state index in [1.165, 1.54) is 12.3 Å². The van der Waals surface area contributed by atoms with E-state index < -0.39 is 0 Å². The van der Waals surface area contributed by atoms with Crippen LogP contribution < -0.4 is 4.74 Å². The van der Waals surface area contributed by atoms with E-state index in [-0.39, 0.29) is 5.82 Å². The Morgan fingerprint density at radius 2 is 2.13 bits per heavy atom. The minimum atomic E-state index is -0.344. The summed E-state index contributed by atoms with van der Waals surface area (Å²) in [6.45, 7) is 6.42. The van der Waals surface area contributed by atoms with E-state index in [0.29, 0.717) is 18.3 Å². The number of aromatic nitrogens is 3. The van der Waals surface area contributed by atoms with Gasteiger partial charge >= 0.3 is 0 Å². The Morgan fingerprint density at radius 3 is 2.87 bits per heavy atom. The quantitative estimate of drug-likeness (QED) is 0.868. The fourth-order valence-electron chi connectivity index (χ4n) is 2.81. The standard InChI is InChI=1S/C17H21FN4O/c1-11(2)16-19-7-13-10-22(5-4-15(13)21-16)9-12-6-14(18)8-20-17(12)23-3/h6-8,11H,4-5,9-10H2,1-3H3. The predicted molar refractivity (Wildman–Crippen MR) is 84.7 cm³/mol. The van der Waals surface area contributed by atoms with Crippen LogP contribution in [0.25, 0.3) is 0 Å². The molecule has 6 heteroatoms. The van der Waals surface area contributed by atoms with Gasteiger partial charge in [-0.05, 0) is 6.07 Å². The van der Waals surface area contributed by atoms with Crippen LogP contribution >= 0.6 is 0 Å². The van der Waals surface area contributed by atoms with E-state index in [2.05, 4.69) is 33.7 Å². The Balaban J connectivity index is 1.76. The van der Waals surface area contributed by atoms with E-state index >= 15 is 0 Å². The molecule has 23 heavy (non-hydrogen) atoms. The van der Waals surface area contributed by atoms with Gasteiger partial charge in [0.15, 0.2) is 0 Å². The topological polar surface area (TPSA) is 51.1 Å². The first kappa shape index (κ1) is 15.8. The molecule has 0 bridgehead atoms. The van der Waals surface area contributed by atoms with Crippen LogP contribution in [-0.2, 0) is 19.5 Å². The number of halogens is 1. The number of ether oxygens (including phenoxy) is 1. The van der Waals surface area contributed by atoms with Crippen LogP contribution in [0.15, 0.2) is 18.5 Å². The second kappa shape index (κ2) is 6.58. The summed E-state index contributed by atoms with van der Waals surface area (Å²) in [6, 6.07) is 1.49. The summed E-state index contributed by atoms with van der Waals surface area (Å²) in [5.41, 5.74) is 3.03. The Morgan fingerprint density at radius 1 is 1.30 bits per heavy atom. The van der Waals surface area contributed by atoms with E-state index in [1.54, 1.807) is 7.11 Å². The van der Waals surface area contributed by atoms with Gasteiger partial charge in [0, 0.05) is 55.0 Å². The number of hydrogen-bond donors (Lipinski definition) is 0. The van der Waals surface area contributed by atoms with Crippen LogP contribution in [-0.4, -0.2) is 33.5 Å². The van der Waals surface area contributed by atoms with E-state index in [0.717, 1.165) is 42.2 Å². The number of nitrogens with zero attached hydrogens (tertiary/aromatic N) is 4. The van der Waals surface area contributed by atoms with Crippen molar-refractivity contribution in [2.24, 2.45) is 0 Å². The molecule has 3 rings (SSSR count). The number of methoxy groups -OCH3 is 1. The zero-order chi connectivity index (χ0) is 16.4. The smallest absolute Gasteiger partial charge is 0.217 e. The summed E-state index contributed by atoms with van der Waals surface area (Å²) in [7, 11) is 1.55. The first-order chi connectivity index (χ1) is 11.1. The maximum absolute atomic E-state index is 13.4. The first-order valence-corrected chi connectivity index (χ1v) is 7.82. The lowest BCUT2D eigenvalue weighted by molar-refractivity contribution is 0.237. The third-order valence-corrected chi connectivity index (χ3v) is 4.03. The molecular weight excluding hydrogens is 295 g/mol. The zero-order valence-electron chi connectivity index (χ0n) is 13.7. The van der Waals surface area contributed by atoms with Crippen molar-refractivity contribution in [2.45, 2.75) is 39.3 Å². The van der Waals surface area contributed by atoms with Crippen molar-refractivity contribution in [3.63, 3.8) is 0 Å². The molecule has 0 aromatic carbocycles. The van der Waals surface area contributed by atoms with E-state index in [1.807, 2.05) is 6.20 Å². The normalized spacial score (nSPS) is 14.8. The number of fused-ring (bicyclic) bond motifs is 1. The van der Waals surface area contributed by atoms with Gasteiger partial charge in [-0.15, -0.1) is 0 Å². The van der Waals surface area contributed by atoms with Gasteiger partial charge in [0.05, 0.1) is 13.3 Å². The summed E-state index contributed by atoms with van der Waals surface area (Å²) in [5.74, 6) is 1.36. The average Bonchev–Trinajstić information content (AvgIpc) is 2.54. The average molecular weight is 316 g/mol. The molecule has 5 nitrogen and oxygen atoms in total. The van der Waals surface area contributed by atoms with Crippen molar-refractivity contribution < 1.29 is 9.13 Å². The van der Waals surface area contributed by atoms with Crippen molar-refractivity contribution in [1.29, 1.82) is 0 Å². The molecule has 0 fully saturated rings. The van der Waals surface area contributed by atoms with Crippen LogP contribution in [0.5, 0.6) is 5.88 Å². The lowest BCUT2D eigenvalue weighted by atomic mass is 10.1. The van der Waals surface area contributed by atoms with Crippen molar-refractivity contribution in [2.75, 3.05) is 13.7 Å². The van der Waals surface area contributed by atoms with Crippen molar-refractivity contribution in [3.05, 3.63) is 46.9 Å². The molecule has 3 heterocycles. The molecule has 0 saturated heterocycles. The van der Waals surface area contributed by atoms with Crippen LogP contribution in [0.2, 0.25) is 0 Å². The summed E-state index contributed by atoms with van der Waals surface area (Å²) >= 11 is 0. The number of rotatable bonds is 4. The fourth-order valence-corrected chi connectivity index (χ4v) is 2.81. The summed E-state index contributed by atoms with van der Waals surface area (Å²) in [6.07, 6.45) is 3.97. The predicted octanol–water partition coefficient (Wildman–Crippen LogP) is 2.70. The van der Waals surface area contributed by atoms with E-state index in [9.17, 15) is 4.39 Å². The molecule has 0 spiro atoms. The second-order valence-electron chi connectivity index (χ2n) is 6.14. The Kier molecular flexibility index (Phi) is 4.52. The van der Waals surface area contributed by atoms with Gasteiger partial charge in [0.1, 0.15) is 11.6 Å². The molecule has 122 valence electrons. The van der Waals surface area contributed by atoms with Crippen LogP contribution in [0, 0.1) is 5.82 Å². The minimum Gasteiger partial charge on any atom is -0.481 e. The van der Waals surface area contributed by atoms with Crippen molar-refractivity contribution in [1.82, 2.24) is 19.9 Å². The molecule has 0 N–H and O–H groups in total. The Bertz CT molecular complexity index is 705. The van der Waals surface area contributed by atoms with Gasteiger partial charge in [0.2, 0.25) is 5.88 Å². The summed E-state index contributed by atoms with van der Waals surface area (Å²) in [5, 5.41) is 0. The van der Waals surface area contributed by atoms with Crippen molar-refractivity contribution >= 4 is 0 Å². The van der Waals surface area contributed by atoms with E-state index in [4.69, 9.17) is 4.74 Å². The third-order valence-electron chi connectivity index (χ3n) is 4.03. The molecular formula is C17H21FN4O. The fraction of sp³-hybridized carbons (Fsp3) is 0.471. The molecule has 2 aromatic heterocycles. The van der Waals surface area contributed by atoms with Crippen LogP contribution in [0.4, 0.5) is 4.39 Å². The molecule has 1 aliphatic rings. The number of hydrogen-bond acceptors (Lipinski definition) is 5. The van der Waals surface area contributed by atoms with Gasteiger partial charge in [-0.25, -0.2) is 19.3 Å². The highest BCUT2D eigenvalue weighted by molar-refractivity contribution is 5.27. The van der Waals surface area contributed by atoms with Crippen LogP contribution in [0.3, 0.4) is 0 Å². The molecule has 0 atom stereocenters.